The molecule has 0 aliphatic heterocycles. The van der Waals surface area contributed by atoms with Crippen molar-refractivity contribution in [3.05, 3.63) is 23.8 Å². The number of ether oxygens (including phenoxy) is 4. The Hall–Kier alpha value is -2.75. The molecule has 0 amide bonds. The maximum atomic E-state index is 17.4. The SMILES string of the molecule is CCOC(=O)OCC(=O)[C@@]1(OC(=O)OC)[C@H](C)C[C@H]2[C@@H]3CCC4=CC(=O)C=C[C@]4(C)[C@@]3(F)[C@@H](O)C[C@@]21C. The predicted octanol–water partition coefficient (Wildman–Crippen LogP) is 3.87. The second-order valence-electron chi connectivity index (χ2n) is 11.1. The van der Waals surface area contributed by atoms with Crippen molar-refractivity contribution in [3.8, 4) is 0 Å². The standard InChI is InChI=1S/C27H35FO9/c1-6-35-23(33)36-14-21(31)27(37-22(32)34-5)15(2)11-19-18-8-7-16-12-17(29)9-10-24(16,3)26(18,28)20(30)13-25(19,27)4/h9-10,12,15,18-20,30H,6-8,11,13-14H2,1-5H3/t15-,18+,19+,20+,24+,25+,26+,27+/m1/s1. The summed E-state index contributed by atoms with van der Waals surface area (Å²) in [7, 11) is 1.11. The van der Waals surface area contributed by atoms with Crippen molar-refractivity contribution < 1.29 is 47.6 Å². The number of methoxy groups -OCH3 is 1. The summed E-state index contributed by atoms with van der Waals surface area (Å²) in [5.41, 5.74) is -5.69. The molecule has 0 saturated heterocycles. The number of aliphatic hydroxyl groups excluding tert-OH is 1. The van der Waals surface area contributed by atoms with Crippen molar-refractivity contribution in [1.82, 2.24) is 0 Å². The number of ketones is 2. The van der Waals surface area contributed by atoms with E-state index in [9.17, 15) is 24.3 Å². The van der Waals surface area contributed by atoms with Gasteiger partial charge in [-0.2, -0.15) is 0 Å². The number of fused-ring (bicyclic) bond motifs is 5. The number of allylic oxidation sites excluding steroid dienone is 4. The first kappa shape index (κ1) is 27.3. The normalized spacial score (nSPS) is 42.0. The van der Waals surface area contributed by atoms with Gasteiger partial charge in [-0.1, -0.05) is 25.5 Å². The lowest BCUT2D eigenvalue weighted by Crippen LogP contribution is -2.70. The summed E-state index contributed by atoms with van der Waals surface area (Å²) in [5, 5.41) is 11.5. The van der Waals surface area contributed by atoms with Crippen LogP contribution in [0, 0.1) is 28.6 Å². The fourth-order valence-electron chi connectivity index (χ4n) is 7.96. The molecule has 0 unspecified atom stereocenters. The Labute approximate surface area is 215 Å². The Morgan fingerprint density at radius 2 is 1.86 bits per heavy atom. The molecule has 3 fully saturated rings. The minimum atomic E-state index is -2.11. The first-order chi connectivity index (χ1) is 17.3. The number of hydrogen-bond acceptors (Lipinski definition) is 9. The number of aliphatic hydroxyl groups is 1. The van der Waals surface area contributed by atoms with Crippen LogP contribution in [0.25, 0.3) is 0 Å². The Bertz CT molecular complexity index is 1070. The van der Waals surface area contributed by atoms with Crippen LogP contribution in [-0.4, -0.2) is 66.7 Å². The highest BCUT2D eigenvalue weighted by atomic mass is 19.1. The zero-order valence-corrected chi connectivity index (χ0v) is 21.9. The van der Waals surface area contributed by atoms with Crippen LogP contribution in [0.3, 0.4) is 0 Å². The van der Waals surface area contributed by atoms with Gasteiger partial charge < -0.3 is 24.1 Å². The number of Topliss-reactive ketones (excluding diaryl/α,β-unsaturated/α-hetero) is 1. The second kappa shape index (κ2) is 9.22. The highest BCUT2D eigenvalue weighted by Crippen LogP contribution is 2.71. The number of halogens is 1. The molecular weight excluding hydrogens is 487 g/mol. The van der Waals surface area contributed by atoms with Gasteiger partial charge in [0, 0.05) is 22.7 Å². The van der Waals surface area contributed by atoms with Gasteiger partial charge in [0.1, 0.15) is 0 Å². The van der Waals surface area contributed by atoms with Crippen LogP contribution in [0.2, 0.25) is 0 Å². The summed E-state index contributed by atoms with van der Waals surface area (Å²) in [6.45, 7) is 6.08. The van der Waals surface area contributed by atoms with Gasteiger partial charge >= 0.3 is 12.3 Å². The number of alkyl halides is 1. The summed E-state index contributed by atoms with van der Waals surface area (Å²) >= 11 is 0. The molecule has 0 bridgehead atoms. The largest absolute Gasteiger partial charge is 0.509 e. The topological polar surface area (TPSA) is 125 Å². The Morgan fingerprint density at radius 3 is 2.51 bits per heavy atom. The smallest absolute Gasteiger partial charge is 0.438 e. The fraction of sp³-hybridized carbons (Fsp3) is 0.704. The summed E-state index contributed by atoms with van der Waals surface area (Å²) in [4.78, 5) is 50.1. The van der Waals surface area contributed by atoms with E-state index in [1.54, 1.807) is 33.8 Å². The van der Waals surface area contributed by atoms with Crippen molar-refractivity contribution >= 4 is 23.9 Å². The van der Waals surface area contributed by atoms with Gasteiger partial charge in [0.05, 0.1) is 19.8 Å². The average molecular weight is 523 g/mol. The van der Waals surface area contributed by atoms with Crippen molar-refractivity contribution in [2.45, 2.75) is 70.8 Å². The van der Waals surface area contributed by atoms with Crippen LogP contribution in [0.1, 0.15) is 53.4 Å². The molecule has 1 N–H and O–H groups in total. The second-order valence-corrected chi connectivity index (χ2v) is 11.1. The molecule has 37 heavy (non-hydrogen) atoms. The molecule has 4 aliphatic rings. The maximum absolute atomic E-state index is 17.4. The summed E-state index contributed by atoms with van der Waals surface area (Å²) in [6.07, 6.45) is 1.63. The molecule has 10 heteroatoms. The predicted molar refractivity (Wildman–Crippen MR) is 127 cm³/mol. The van der Waals surface area contributed by atoms with Gasteiger partial charge in [0.25, 0.3) is 0 Å². The Kier molecular flexibility index (Phi) is 6.80. The number of carbonyl (C=O) groups is 4. The van der Waals surface area contributed by atoms with Crippen molar-refractivity contribution in [2.24, 2.45) is 28.6 Å². The van der Waals surface area contributed by atoms with E-state index in [0.717, 1.165) is 7.11 Å². The highest BCUT2D eigenvalue weighted by molar-refractivity contribution is 6.01. The number of hydrogen-bond donors (Lipinski definition) is 1. The monoisotopic (exact) mass is 522 g/mol. The molecule has 0 radical (unpaired) electrons. The zero-order valence-electron chi connectivity index (χ0n) is 21.9. The van der Waals surface area contributed by atoms with Crippen LogP contribution in [-0.2, 0) is 28.5 Å². The molecule has 4 aliphatic carbocycles. The molecule has 8 atom stereocenters. The third kappa shape index (κ3) is 3.66. The summed E-state index contributed by atoms with van der Waals surface area (Å²) in [5.74, 6) is -2.64. The molecule has 4 rings (SSSR count). The van der Waals surface area contributed by atoms with Gasteiger partial charge in [0.2, 0.25) is 5.78 Å². The van der Waals surface area contributed by atoms with Gasteiger partial charge in [-0.3, -0.25) is 9.59 Å². The van der Waals surface area contributed by atoms with E-state index in [-0.39, 0.29) is 18.8 Å². The van der Waals surface area contributed by atoms with Crippen LogP contribution < -0.4 is 0 Å². The van der Waals surface area contributed by atoms with E-state index in [1.165, 1.54) is 12.2 Å². The Morgan fingerprint density at radius 1 is 1.16 bits per heavy atom. The fourth-order valence-corrected chi connectivity index (χ4v) is 7.96. The van der Waals surface area contributed by atoms with E-state index in [4.69, 9.17) is 18.9 Å². The van der Waals surface area contributed by atoms with Crippen LogP contribution >= 0.6 is 0 Å². The number of carbonyl (C=O) groups excluding carboxylic acids is 4. The molecule has 3 saturated carbocycles. The van der Waals surface area contributed by atoms with Gasteiger partial charge in [0.15, 0.2) is 23.7 Å². The lowest BCUT2D eigenvalue weighted by Gasteiger charge is -2.62. The van der Waals surface area contributed by atoms with Gasteiger partial charge in [-0.05, 0) is 57.6 Å². The third-order valence-electron chi connectivity index (χ3n) is 9.59. The van der Waals surface area contributed by atoms with Crippen LogP contribution in [0.15, 0.2) is 23.8 Å². The molecule has 0 aromatic carbocycles. The molecule has 0 aromatic heterocycles. The van der Waals surface area contributed by atoms with E-state index >= 15 is 4.39 Å². The van der Waals surface area contributed by atoms with Gasteiger partial charge in [-0.25, -0.2) is 14.0 Å². The summed E-state index contributed by atoms with van der Waals surface area (Å²) in [6, 6.07) is 0. The lowest BCUT2D eigenvalue weighted by atomic mass is 9.44. The minimum absolute atomic E-state index is 0.0503. The molecule has 0 aromatic rings. The van der Waals surface area contributed by atoms with Crippen LogP contribution in [0.4, 0.5) is 14.0 Å². The van der Waals surface area contributed by atoms with E-state index < -0.39 is 70.7 Å². The van der Waals surface area contributed by atoms with Crippen molar-refractivity contribution in [2.75, 3.05) is 20.3 Å². The lowest BCUT2D eigenvalue weighted by molar-refractivity contribution is -0.221. The molecule has 204 valence electrons. The first-order valence-corrected chi connectivity index (χ1v) is 12.7. The molecular formula is C27H35FO9. The Balaban J connectivity index is 1.77. The van der Waals surface area contributed by atoms with E-state index in [1.807, 2.05) is 0 Å². The van der Waals surface area contributed by atoms with Crippen LogP contribution in [0.5, 0.6) is 0 Å². The minimum Gasteiger partial charge on any atom is -0.438 e. The van der Waals surface area contributed by atoms with Gasteiger partial charge in [-0.15, -0.1) is 0 Å². The van der Waals surface area contributed by atoms with E-state index in [0.29, 0.717) is 24.8 Å². The molecule has 0 spiro atoms. The quantitative estimate of drug-likeness (QED) is 0.536. The molecule has 9 nitrogen and oxygen atoms in total. The highest BCUT2D eigenvalue weighted by Gasteiger charge is 2.77. The van der Waals surface area contributed by atoms with Crippen molar-refractivity contribution in [3.63, 3.8) is 0 Å². The maximum Gasteiger partial charge on any atom is 0.509 e. The van der Waals surface area contributed by atoms with Crippen molar-refractivity contribution in [1.29, 1.82) is 0 Å². The summed E-state index contributed by atoms with van der Waals surface area (Å²) < 4.78 is 37.6. The zero-order chi connectivity index (χ0) is 27.4. The van der Waals surface area contributed by atoms with E-state index in [2.05, 4.69) is 0 Å². The molecule has 0 heterocycles. The third-order valence-corrected chi connectivity index (χ3v) is 9.59. The average Bonchev–Trinajstić information content (AvgIpc) is 3.06. The first-order valence-electron chi connectivity index (χ1n) is 12.7. The number of rotatable bonds is 5.